The van der Waals surface area contributed by atoms with Gasteiger partial charge in [-0.1, -0.05) is 18.2 Å². The highest BCUT2D eigenvalue weighted by molar-refractivity contribution is 7.80. The first kappa shape index (κ1) is 17.4. The normalized spacial score (nSPS) is 15.1. The Kier molecular flexibility index (Phi) is 5.28. The Morgan fingerprint density at radius 2 is 2.00 bits per heavy atom. The molecule has 0 radical (unpaired) electrons. The molecule has 1 aliphatic heterocycles. The van der Waals surface area contributed by atoms with E-state index in [-0.39, 0.29) is 17.8 Å². The van der Waals surface area contributed by atoms with Crippen LogP contribution in [0.15, 0.2) is 48.5 Å². The lowest BCUT2D eigenvalue weighted by Gasteiger charge is -2.19. The number of rotatable bonds is 4. The van der Waals surface area contributed by atoms with Crippen molar-refractivity contribution in [1.29, 1.82) is 0 Å². The molecule has 130 valence electrons. The highest BCUT2D eigenvalue weighted by Gasteiger charge is 2.21. The topological polar surface area (TPSA) is 44.4 Å². The maximum atomic E-state index is 13.0. The third-order valence-corrected chi connectivity index (χ3v) is 4.43. The molecule has 2 N–H and O–H groups in total. The van der Waals surface area contributed by atoms with Gasteiger partial charge in [-0.25, -0.2) is 4.39 Å². The van der Waals surface area contributed by atoms with E-state index >= 15 is 0 Å². The van der Waals surface area contributed by atoms with Gasteiger partial charge in [-0.15, -0.1) is 0 Å². The Morgan fingerprint density at radius 3 is 2.68 bits per heavy atom. The monoisotopic (exact) mass is 357 g/mol. The summed E-state index contributed by atoms with van der Waals surface area (Å²) in [5.74, 6) is -0.104. The fourth-order valence-electron chi connectivity index (χ4n) is 2.87. The number of nitrogens with zero attached hydrogens (tertiary/aromatic N) is 1. The summed E-state index contributed by atoms with van der Waals surface area (Å²) in [5.41, 5.74) is 2.64. The van der Waals surface area contributed by atoms with E-state index in [1.165, 1.54) is 12.1 Å². The molecule has 0 aromatic heterocycles. The number of hydrogen-bond donors (Lipinski definition) is 2. The maximum Gasteiger partial charge on any atom is 0.227 e. The van der Waals surface area contributed by atoms with Crippen LogP contribution in [0.1, 0.15) is 31.4 Å². The summed E-state index contributed by atoms with van der Waals surface area (Å²) in [5, 5.41) is 6.79. The van der Waals surface area contributed by atoms with Gasteiger partial charge in [0.2, 0.25) is 5.91 Å². The summed E-state index contributed by atoms with van der Waals surface area (Å²) in [6.07, 6.45) is 1.50. The van der Waals surface area contributed by atoms with E-state index in [0.717, 1.165) is 29.9 Å². The molecule has 3 rings (SSSR count). The van der Waals surface area contributed by atoms with Gasteiger partial charge in [-0.3, -0.25) is 4.79 Å². The van der Waals surface area contributed by atoms with E-state index in [1.54, 1.807) is 17.0 Å². The molecule has 1 aliphatic rings. The molecular formula is C19H20FN3OS. The number of thiocarbonyl (C=S) groups is 1. The lowest BCUT2D eigenvalue weighted by Crippen LogP contribution is -2.31. The van der Waals surface area contributed by atoms with Gasteiger partial charge < -0.3 is 15.5 Å². The molecule has 2 aromatic carbocycles. The summed E-state index contributed by atoms with van der Waals surface area (Å²) in [7, 11) is 0. The second kappa shape index (κ2) is 7.61. The Bertz CT molecular complexity index is 778. The number of carbonyl (C=O) groups excluding carboxylic acids is 1. The number of halogens is 1. The van der Waals surface area contributed by atoms with Crippen molar-refractivity contribution in [2.24, 2.45) is 0 Å². The predicted molar refractivity (Wildman–Crippen MR) is 102 cm³/mol. The number of hydrogen-bond acceptors (Lipinski definition) is 2. The second-order valence-electron chi connectivity index (χ2n) is 6.07. The number of amides is 1. The molecule has 1 fully saturated rings. The van der Waals surface area contributed by atoms with Crippen LogP contribution in [0.25, 0.3) is 0 Å². The van der Waals surface area contributed by atoms with Crippen molar-refractivity contribution in [3.63, 3.8) is 0 Å². The van der Waals surface area contributed by atoms with Crippen molar-refractivity contribution in [2.75, 3.05) is 16.8 Å². The highest BCUT2D eigenvalue weighted by Crippen LogP contribution is 2.24. The molecule has 1 heterocycles. The SMILES string of the molecule is C[C@@H](NC(=S)Nc1cccc(N2CCCC2=O)c1)c1ccc(F)cc1. The summed E-state index contributed by atoms with van der Waals surface area (Å²) in [6.45, 7) is 2.72. The number of nitrogens with one attached hydrogen (secondary N) is 2. The van der Waals surface area contributed by atoms with Crippen molar-refractivity contribution in [1.82, 2.24) is 5.32 Å². The van der Waals surface area contributed by atoms with Crippen molar-refractivity contribution in [3.05, 3.63) is 59.9 Å². The molecule has 0 bridgehead atoms. The van der Waals surface area contributed by atoms with E-state index in [1.807, 2.05) is 31.2 Å². The Labute approximate surface area is 152 Å². The Morgan fingerprint density at radius 1 is 1.24 bits per heavy atom. The first-order valence-corrected chi connectivity index (χ1v) is 8.67. The third-order valence-electron chi connectivity index (χ3n) is 4.21. The van der Waals surface area contributed by atoms with E-state index in [2.05, 4.69) is 10.6 Å². The van der Waals surface area contributed by atoms with Crippen LogP contribution in [-0.2, 0) is 4.79 Å². The maximum absolute atomic E-state index is 13.0. The largest absolute Gasteiger partial charge is 0.356 e. The molecule has 1 atom stereocenters. The van der Waals surface area contributed by atoms with Gasteiger partial charge in [-0.2, -0.15) is 0 Å². The van der Waals surface area contributed by atoms with Gasteiger partial charge in [0.25, 0.3) is 0 Å². The quantitative estimate of drug-likeness (QED) is 0.812. The van der Waals surface area contributed by atoms with Gasteiger partial charge in [0.05, 0.1) is 6.04 Å². The average molecular weight is 357 g/mol. The molecule has 0 spiro atoms. The van der Waals surface area contributed by atoms with Crippen LogP contribution in [0.4, 0.5) is 15.8 Å². The van der Waals surface area contributed by atoms with Gasteiger partial charge in [0.1, 0.15) is 5.82 Å². The molecule has 25 heavy (non-hydrogen) atoms. The summed E-state index contributed by atoms with van der Waals surface area (Å²) in [6, 6.07) is 13.9. The molecule has 0 saturated carbocycles. The first-order chi connectivity index (χ1) is 12.0. The summed E-state index contributed by atoms with van der Waals surface area (Å²) in [4.78, 5) is 13.7. The zero-order valence-electron chi connectivity index (χ0n) is 14.0. The van der Waals surface area contributed by atoms with Crippen molar-refractivity contribution < 1.29 is 9.18 Å². The molecular weight excluding hydrogens is 337 g/mol. The fraction of sp³-hybridized carbons (Fsp3) is 0.263. The van der Waals surface area contributed by atoms with Gasteiger partial charge in [0, 0.05) is 24.3 Å². The predicted octanol–water partition coefficient (Wildman–Crippen LogP) is 4.00. The zero-order valence-corrected chi connectivity index (χ0v) is 14.8. The molecule has 1 amide bonds. The van der Waals surface area contributed by atoms with Crippen LogP contribution < -0.4 is 15.5 Å². The van der Waals surface area contributed by atoms with Crippen LogP contribution in [0.2, 0.25) is 0 Å². The van der Waals surface area contributed by atoms with Crippen LogP contribution in [-0.4, -0.2) is 17.6 Å². The van der Waals surface area contributed by atoms with Gasteiger partial charge in [0.15, 0.2) is 5.11 Å². The minimum atomic E-state index is -0.259. The van der Waals surface area contributed by atoms with Crippen molar-refractivity contribution in [2.45, 2.75) is 25.8 Å². The third kappa shape index (κ3) is 4.33. The van der Waals surface area contributed by atoms with Crippen LogP contribution in [0, 0.1) is 5.82 Å². The van der Waals surface area contributed by atoms with E-state index < -0.39 is 0 Å². The summed E-state index contributed by atoms with van der Waals surface area (Å²) < 4.78 is 13.0. The van der Waals surface area contributed by atoms with Crippen molar-refractivity contribution >= 4 is 34.6 Å². The molecule has 6 heteroatoms. The molecule has 2 aromatic rings. The number of benzene rings is 2. The molecule has 4 nitrogen and oxygen atoms in total. The minimum absolute atomic E-state index is 0.0519. The Balaban J connectivity index is 1.62. The second-order valence-corrected chi connectivity index (χ2v) is 6.48. The zero-order chi connectivity index (χ0) is 17.8. The lowest BCUT2D eigenvalue weighted by atomic mass is 10.1. The fourth-order valence-corrected chi connectivity index (χ4v) is 3.17. The van der Waals surface area contributed by atoms with Crippen molar-refractivity contribution in [3.8, 4) is 0 Å². The lowest BCUT2D eigenvalue weighted by molar-refractivity contribution is -0.117. The van der Waals surface area contributed by atoms with Crippen LogP contribution >= 0.6 is 12.2 Å². The average Bonchev–Trinajstić information content (AvgIpc) is 3.01. The number of anilines is 2. The van der Waals surface area contributed by atoms with E-state index in [0.29, 0.717) is 11.5 Å². The molecule has 0 unspecified atom stereocenters. The standard InChI is InChI=1S/C19H20FN3OS/c1-13(14-7-9-15(20)10-8-14)21-19(25)22-16-4-2-5-17(12-16)23-11-3-6-18(23)24/h2,4-5,7-10,12-13H,3,6,11H2,1H3,(H2,21,22,25)/t13-/m1/s1. The van der Waals surface area contributed by atoms with Crippen LogP contribution in [0.5, 0.6) is 0 Å². The molecule has 1 saturated heterocycles. The smallest absolute Gasteiger partial charge is 0.227 e. The van der Waals surface area contributed by atoms with E-state index in [9.17, 15) is 9.18 Å². The summed E-state index contributed by atoms with van der Waals surface area (Å²) >= 11 is 5.36. The van der Waals surface area contributed by atoms with Crippen LogP contribution in [0.3, 0.4) is 0 Å². The molecule has 0 aliphatic carbocycles. The van der Waals surface area contributed by atoms with E-state index in [4.69, 9.17) is 12.2 Å². The first-order valence-electron chi connectivity index (χ1n) is 8.26. The minimum Gasteiger partial charge on any atom is -0.356 e. The Hall–Kier alpha value is -2.47. The van der Waals surface area contributed by atoms with Gasteiger partial charge in [-0.05, 0) is 61.5 Å². The highest BCUT2D eigenvalue weighted by atomic mass is 32.1. The van der Waals surface area contributed by atoms with Gasteiger partial charge >= 0.3 is 0 Å². The number of carbonyl (C=O) groups is 1.